The average Bonchev–Trinajstić information content (AvgIpc) is 3.56. The predicted molar refractivity (Wildman–Crippen MR) is 177 cm³/mol. The molecule has 262 valence electrons. The maximum absolute atomic E-state index is 15.7. The van der Waals surface area contributed by atoms with Gasteiger partial charge in [0.2, 0.25) is 17.7 Å². The van der Waals surface area contributed by atoms with Gasteiger partial charge >= 0.3 is 0 Å². The second-order valence-electron chi connectivity index (χ2n) is 14.1. The van der Waals surface area contributed by atoms with Crippen LogP contribution >= 0.6 is 0 Å². The molecular formula is C35H49FN6O6. The first-order valence-corrected chi connectivity index (χ1v) is 17.1. The highest BCUT2D eigenvalue weighted by Crippen LogP contribution is 2.34. The van der Waals surface area contributed by atoms with Crippen LogP contribution < -0.4 is 16.0 Å². The fourth-order valence-electron chi connectivity index (χ4n) is 6.83. The largest absolute Gasteiger partial charge is 0.379 e. The first-order valence-electron chi connectivity index (χ1n) is 17.1. The number of hydrogen-bond acceptors (Lipinski definition) is 8. The number of nitrogens with zero attached hydrogens (tertiary/aromatic N) is 3. The molecule has 0 bridgehead atoms. The molecule has 2 aromatic rings. The van der Waals surface area contributed by atoms with Crippen molar-refractivity contribution in [2.45, 2.75) is 83.2 Å². The Balaban J connectivity index is 1.32. The van der Waals surface area contributed by atoms with Crippen molar-refractivity contribution >= 4 is 29.3 Å². The van der Waals surface area contributed by atoms with Crippen LogP contribution in [0.4, 0.5) is 10.1 Å². The summed E-state index contributed by atoms with van der Waals surface area (Å²) in [7, 11) is 1.99. The topological polar surface area (TPSA) is 146 Å². The van der Waals surface area contributed by atoms with Gasteiger partial charge in [0.15, 0.2) is 0 Å². The smallest absolute Gasteiger partial charge is 0.257 e. The number of piperazine rings is 1. The van der Waals surface area contributed by atoms with E-state index in [1.165, 1.54) is 18.4 Å². The summed E-state index contributed by atoms with van der Waals surface area (Å²) in [6.07, 6.45) is 4.82. The Bertz CT molecular complexity index is 1480. The Hall–Kier alpha value is -3.84. The number of aromatic nitrogens is 1. The zero-order valence-electron chi connectivity index (χ0n) is 28.6. The van der Waals surface area contributed by atoms with Crippen molar-refractivity contribution in [3.63, 3.8) is 0 Å². The predicted octanol–water partition coefficient (Wildman–Crippen LogP) is 3.44. The maximum Gasteiger partial charge on any atom is 0.257 e. The minimum Gasteiger partial charge on any atom is -0.379 e. The molecule has 1 aromatic heterocycles. The Morgan fingerprint density at radius 2 is 1.75 bits per heavy atom. The van der Waals surface area contributed by atoms with Crippen LogP contribution in [0.15, 0.2) is 29.0 Å². The van der Waals surface area contributed by atoms with Crippen LogP contribution in [0.25, 0.3) is 0 Å². The lowest BCUT2D eigenvalue weighted by Crippen LogP contribution is -2.55. The second-order valence-corrected chi connectivity index (χ2v) is 14.1. The molecule has 1 aromatic carbocycles. The molecule has 4 amide bonds. The Labute approximate surface area is 281 Å². The average molecular weight is 669 g/mol. The first-order chi connectivity index (χ1) is 22.9. The molecule has 3 atom stereocenters. The standard InChI is InChI=1S/C35H49FN6O6/c1-6-28(43)38-29(34(46)42-15-13-41(5)14-16-42)22(3)24-11-12-27(26(36)17-24)37-33(45)30(23-9-7-21(2)8-10-23)39-32(44)25-18-48-40-31(25)35(4)19-47-20-35/h11-12,17-18,21-23,29-30H,6-10,13-16,19-20H2,1-5H3,(H,37,45)(H,38,43)(H,39,44)/t21-,22-,23-,29+,30-/m0/s1. The SMILES string of the molecule is CCC(=O)N[C@@H](C(=O)N1CCN(C)CC1)[C@@H](C)c1ccc(NC(=O)[C@@H](NC(=O)c2conc2C2(C)COC2)[C@H]2CC[C@H](C)CC2)c(F)c1. The number of rotatable bonds is 11. The zero-order chi connectivity index (χ0) is 34.6. The van der Waals surface area contributed by atoms with E-state index in [2.05, 4.69) is 32.9 Å². The molecule has 3 fully saturated rings. The third-order valence-corrected chi connectivity index (χ3v) is 10.3. The van der Waals surface area contributed by atoms with Crippen molar-refractivity contribution in [3.05, 3.63) is 47.1 Å². The van der Waals surface area contributed by atoms with Gasteiger partial charge in [-0.25, -0.2) is 4.39 Å². The number of likely N-dealkylation sites (N-methyl/N-ethyl adjacent to an activating group) is 1. The van der Waals surface area contributed by atoms with Crippen molar-refractivity contribution < 1.29 is 32.8 Å². The van der Waals surface area contributed by atoms with Crippen LogP contribution in [-0.2, 0) is 24.5 Å². The van der Waals surface area contributed by atoms with E-state index in [0.29, 0.717) is 43.5 Å². The Morgan fingerprint density at radius 3 is 2.35 bits per heavy atom. The lowest BCUT2D eigenvalue weighted by atomic mass is 9.78. The summed E-state index contributed by atoms with van der Waals surface area (Å²) in [5, 5.41) is 12.5. The number of carbonyl (C=O) groups excluding carboxylic acids is 4. The molecule has 5 rings (SSSR count). The number of hydrogen-bond donors (Lipinski definition) is 3. The number of halogens is 1. The molecule has 2 aliphatic heterocycles. The number of amides is 4. The van der Waals surface area contributed by atoms with Crippen molar-refractivity contribution in [1.82, 2.24) is 25.6 Å². The fourth-order valence-corrected chi connectivity index (χ4v) is 6.83. The third kappa shape index (κ3) is 7.89. The number of nitrogens with one attached hydrogen (secondary N) is 3. The second kappa shape index (κ2) is 15.1. The van der Waals surface area contributed by atoms with Gasteiger partial charge in [-0.1, -0.05) is 44.8 Å². The molecule has 2 saturated heterocycles. The van der Waals surface area contributed by atoms with E-state index >= 15 is 4.39 Å². The summed E-state index contributed by atoms with van der Waals surface area (Å²) in [4.78, 5) is 57.3. The molecule has 1 aliphatic carbocycles. The molecule has 13 heteroatoms. The van der Waals surface area contributed by atoms with Crippen LogP contribution in [0.5, 0.6) is 0 Å². The minimum absolute atomic E-state index is 0.0382. The molecule has 1 saturated carbocycles. The number of ether oxygens (including phenoxy) is 1. The third-order valence-electron chi connectivity index (χ3n) is 10.3. The Morgan fingerprint density at radius 1 is 1.06 bits per heavy atom. The van der Waals surface area contributed by atoms with Crippen LogP contribution in [-0.4, -0.2) is 97.1 Å². The van der Waals surface area contributed by atoms with Crippen LogP contribution in [0.2, 0.25) is 0 Å². The number of anilines is 1. The van der Waals surface area contributed by atoms with E-state index in [9.17, 15) is 19.2 Å². The van der Waals surface area contributed by atoms with Gasteiger partial charge in [0, 0.05) is 38.5 Å². The normalized spacial score (nSPS) is 22.9. The van der Waals surface area contributed by atoms with Crippen molar-refractivity contribution in [1.29, 1.82) is 0 Å². The van der Waals surface area contributed by atoms with Gasteiger partial charge in [-0.15, -0.1) is 0 Å². The highest BCUT2D eigenvalue weighted by atomic mass is 19.1. The van der Waals surface area contributed by atoms with Gasteiger partial charge < -0.3 is 35.0 Å². The number of benzene rings is 1. The van der Waals surface area contributed by atoms with Crippen molar-refractivity contribution in [2.24, 2.45) is 11.8 Å². The van der Waals surface area contributed by atoms with Crippen molar-refractivity contribution in [2.75, 3.05) is 51.8 Å². The minimum atomic E-state index is -0.911. The van der Waals surface area contributed by atoms with Gasteiger partial charge in [0.25, 0.3) is 5.91 Å². The van der Waals surface area contributed by atoms with Gasteiger partial charge in [-0.3, -0.25) is 19.2 Å². The summed E-state index contributed by atoms with van der Waals surface area (Å²) in [5.74, 6) is -2.30. The molecule has 0 spiro atoms. The lowest BCUT2D eigenvalue weighted by Gasteiger charge is -2.37. The molecule has 0 radical (unpaired) electrons. The quantitative estimate of drug-likeness (QED) is 0.330. The van der Waals surface area contributed by atoms with E-state index in [1.807, 2.05) is 14.0 Å². The molecule has 48 heavy (non-hydrogen) atoms. The van der Waals surface area contributed by atoms with Gasteiger partial charge in [0.05, 0.1) is 24.3 Å². The summed E-state index contributed by atoms with van der Waals surface area (Å²) >= 11 is 0. The van der Waals surface area contributed by atoms with Gasteiger partial charge in [0.1, 0.15) is 35.4 Å². The molecule has 0 unspecified atom stereocenters. The van der Waals surface area contributed by atoms with Crippen LogP contribution in [0.3, 0.4) is 0 Å². The van der Waals surface area contributed by atoms with Crippen LogP contribution in [0.1, 0.15) is 87.3 Å². The van der Waals surface area contributed by atoms with Crippen LogP contribution in [0, 0.1) is 17.7 Å². The molecule has 3 N–H and O–H groups in total. The van der Waals surface area contributed by atoms with Crippen molar-refractivity contribution in [3.8, 4) is 0 Å². The van der Waals surface area contributed by atoms with E-state index in [0.717, 1.165) is 38.8 Å². The van der Waals surface area contributed by atoms with E-state index < -0.39 is 41.0 Å². The van der Waals surface area contributed by atoms with E-state index in [1.54, 1.807) is 24.8 Å². The monoisotopic (exact) mass is 668 g/mol. The lowest BCUT2D eigenvalue weighted by molar-refractivity contribution is -0.138. The summed E-state index contributed by atoms with van der Waals surface area (Å²) < 4.78 is 26.2. The van der Waals surface area contributed by atoms with Gasteiger partial charge in [-0.05, 0) is 56.3 Å². The zero-order valence-corrected chi connectivity index (χ0v) is 28.6. The highest BCUT2D eigenvalue weighted by Gasteiger charge is 2.42. The van der Waals surface area contributed by atoms with E-state index in [-0.39, 0.29) is 35.4 Å². The molecule has 3 aliphatic rings. The molecule has 12 nitrogen and oxygen atoms in total. The maximum atomic E-state index is 15.7. The molecular weight excluding hydrogens is 619 g/mol. The molecule has 3 heterocycles. The summed E-state index contributed by atoms with van der Waals surface area (Å²) in [5.41, 5.74) is 0.756. The summed E-state index contributed by atoms with van der Waals surface area (Å²) in [6, 6.07) is 2.64. The fraction of sp³-hybridized carbons (Fsp3) is 0.629. The van der Waals surface area contributed by atoms with Gasteiger partial charge in [-0.2, -0.15) is 0 Å². The number of carbonyl (C=O) groups is 4. The Kier molecular flexibility index (Phi) is 11.2. The summed E-state index contributed by atoms with van der Waals surface area (Å²) in [6.45, 7) is 11.0. The highest BCUT2D eigenvalue weighted by molar-refractivity contribution is 6.02. The van der Waals surface area contributed by atoms with E-state index in [4.69, 9.17) is 9.26 Å². The first kappa shape index (κ1) is 35.5.